The molecule has 0 bridgehead atoms. The third-order valence-electron chi connectivity index (χ3n) is 3.67. The van der Waals surface area contributed by atoms with E-state index in [1.807, 2.05) is 6.07 Å². The molecule has 0 saturated heterocycles. The second kappa shape index (κ2) is 7.89. The van der Waals surface area contributed by atoms with Crippen LogP contribution in [-0.2, 0) is 10.1 Å². The largest absolute Gasteiger partial charge is 0.379 e. The maximum atomic E-state index is 12.3. The van der Waals surface area contributed by atoms with Crippen molar-refractivity contribution < 1.29 is 22.3 Å². The molecule has 3 aromatic carbocycles. The number of carbonyl (C=O) groups excluding carboxylic acids is 1. The minimum absolute atomic E-state index is 0.0252. The Labute approximate surface area is 160 Å². The molecular formula is C19H14N2O6S. The van der Waals surface area contributed by atoms with Gasteiger partial charge in [-0.3, -0.25) is 14.9 Å². The first kappa shape index (κ1) is 19.1. The first-order valence-corrected chi connectivity index (χ1v) is 9.41. The molecule has 3 aromatic rings. The number of nitrogens with one attached hydrogen (secondary N) is 1. The lowest BCUT2D eigenvalue weighted by molar-refractivity contribution is -0.385. The molecule has 0 fully saturated rings. The summed E-state index contributed by atoms with van der Waals surface area (Å²) in [5.74, 6) is -0.387. The predicted octanol–water partition coefficient (Wildman–Crippen LogP) is 3.61. The van der Waals surface area contributed by atoms with Crippen molar-refractivity contribution in [2.75, 3.05) is 5.32 Å². The number of nitrogens with zero attached hydrogens (tertiary/aromatic N) is 1. The minimum atomic E-state index is -4.26. The second-order valence-electron chi connectivity index (χ2n) is 5.64. The highest BCUT2D eigenvalue weighted by Gasteiger charge is 2.20. The Morgan fingerprint density at radius 3 is 2.25 bits per heavy atom. The number of carbonyl (C=O) groups is 1. The zero-order valence-electron chi connectivity index (χ0n) is 14.3. The zero-order valence-corrected chi connectivity index (χ0v) is 15.1. The van der Waals surface area contributed by atoms with Crippen molar-refractivity contribution in [1.29, 1.82) is 0 Å². The van der Waals surface area contributed by atoms with Crippen molar-refractivity contribution in [2.45, 2.75) is 4.90 Å². The van der Waals surface area contributed by atoms with E-state index < -0.39 is 15.0 Å². The van der Waals surface area contributed by atoms with Gasteiger partial charge in [0.2, 0.25) is 0 Å². The van der Waals surface area contributed by atoms with Crippen molar-refractivity contribution in [3.63, 3.8) is 0 Å². The van der Waals surface area contributed by atoms with E-state index in [-0.39, 0.29) is 22.2 Å². The number of nitro benzene ring substituents is 1. The lowest BCUT2D eigenvalue weighted by Gasteiger charge is -2.08. The Morgan fingerprint density at radius 1 is 0.929 bits per heavy atom. The fourth-order valence-corrected chi connectivity index (χ4v) is 3.29. The first-order valence-electron chi connectivity index (χ1n) is 8.00. The van der Waals surface area contributed by atoms with E-state index in [1.165, 1.54) is 42.5 Å². The summed E-state index contributed by atoms with van der Waals surface area (Å²) >= 11 is 0. The fraction of sp³-hybridized carbons (Fsp3) is 0. The van der Waals surface area contributed by atoms with Crippen LogP contribution in [0.15, 0.2) is 83.8 Å². The SMILES string of the molecule is O=C(Nc1ccccc1)c1ccc(OS(=O)(=O)c2cccc([N+](=O)[O-])c2)cc1. The molecule has 0 atom stereocenters. The molecular weight excluding hydrogens is 384 g/mol. The minimum Gasteiger partial charge on any atom is -0.379 e. The monoisotopic (exact) mass is 398 g/mol. The molecule has 1 N–H and O–H groups in total. The summed E-state index contributed by atoms with van der Waals surface area (Å²) in [6, 6.07) is 18.9. The quantitative estimate of drug-likeness (QED) is 0.385. The maximum absolute atomic E-state index is 12.3. The number of rotatable bonds is 6. The number of nitro groups is 1. The molecule has 9 heteroatoms. The number of non-ortho nitro benzene ring substituents is 1. The molecule has 0 aromatic heterocycles. The Balaban J connectivity index is 1.74. The number of anilines is 1. The standard InChI is InChI=1S/C19H14N2O6S/c22-19(20-15-5-2-1-3-6-15)14-9-11-17(12-10-14)27-28(25,26)18-8-4-7-16(13-18)21(23)24/h1-13H,(H,20,22). The lowest BCUT2D eigenvalue weighted by Crippen LogP contribution is -2.12. The molecule has 0 aliphatic heterocycles. The van der Waals surface area contributed by atoms with Crippen LogP contribution >= 0.6 is 0 Å². The molecule has 0 unspecified atom stereocenters. The highest BCUT2D eigenvalue weighted by Crippen LogP contribution is 2.22. The summed E-state index contributed by atoms with van der Waals surface area (Å²) in [5, 5.41) is 13.5. The van der Waals surface area contributed by atoms with Crippen molar-refractivity contribution >= 4 is 27.4 Å². The molecule has 0 aliphatic carbocycles. The van der Waals surface area contributed by atoms with E-state index in [4.69, 9.17) is 4.18 Å². The van der Waals surface area contributed by atoms with E-state index in [1.54, 1.807) is 24.3 Å². The highest BCUT2D eigenvalue weighted by atomic mass is 32.2. The van der Waals surface area contributed by atoms with Crippen LogP contribution in [0.25, 0.3) is 0 Å². The van der Waals surface area contributed by atoms with Crippen LogP contribution in [0, 0.1) is 10.1 Å². The van der Waals surface area contributed by atoms with Crippen LogP contribution in [0.3, 0.4) is 0 Å². The second-order valence-corrected chi connectivity index (χ2v) is 7.18. The Hall–Kier alpha value is -3.72. The molecule has 28 heavy (non-hydrogen) atoms. The Morgan fingerprint density at radius 2 is 1.61 bits per heavy atom. The zero-order chi connectivity index (χ0) is 20.1. The average Bonchev–Trinajstić information content (AvgIpc) is 2.69. The molecule has 0 spiro atoms. The molecule has 8 nitrogen and oxygen atoms in total. The van der Waals surface area contributed by atoms with Crippen LogP contribution < -0.4 is 9.50 Å². The molecule has 0 saturated carbocycles. The molecule has 0 aliphatic rings. The van der Waals surface area contributed by atoms with E-state index in [0.29, 0.717) is 11.3 Å². The van der Waals surface area contributed by atoms with E-state index in [2.05, 4.69) is 5.32 Å². The number of para-hydroxylation sites is 1. The van der Waals surface area contributed by atoms with Crippen LogP contribution in [0.5, 0.6) is 5.75 Å². The number of hydrogen-bond donors (Lipinski definition) is 1. The van der Waals surface area contributed by atoms with Crippen LogP contribution in [-0.4, -0.2) is 19.2 Å². The first-order chi connectivity index (χ1) is 13.3. The lowest BCUT2D eigenvalue weighted by atomic mass is 10.2. The van der Waals surface area contributed by atoms with Crippen LogP contribution in [0.2, 0.25) is 0 Å². The number of amides is 1. The summed E-state index contributed by atoms with van der Waals surface area (Å²) in [6.45, 7) is 0. The van der Waals surface area contributed by atoms with E-state index in [9.17, 15) is 23.3 Å². The van der Waals surface area contributed by atoms with Gasteiger partial charge in [-0.05, 0) is 42.5 Å². The Kier molecular flexibility index (Phi) is 5.37. The van der Waals surface area contributed by atoms with Gasteiger partial charge in [0.25, 0.3) is 11.6 Å². The number of benzene rings is 3. The Bertz CT molecular complexity index is 1110. The van der Waals surface area contributed by atoms with Gasteiger partial charge in [-0.2, -0.15) is 8.42 Å². The van der Waals surface area contributed by atoms with E-state index in [0.717, 1.165) is 6.07 Å². The fourth-order valence-electron chi connectivity index (χ4n) is 2.31. The number of hydrogen-bond acceptors (Lipinski definition) is 6. The summed E-state index contributed by atoms with van der Waals surface area (Å²) in [5.41, 5.74) is 0.572. The summed E-state index contributed by atoms with van der Waals surface area (Å²) in [6.07, 6.45) is 0. The molecule has 142 valence electrons. The van der Waals surface area contributed by atoms with Crippen molar-refractivity contribution in [3.8, 4) is 5.75 Å². The summed E-state index contributed by atoms with van der Waals surface area (Å²) in [7, 11) is -4.26. The normalized spacial score (nSPS) is 10.9. The average molecular weight is 398 g/mol. The van der Waals surface area contributed by atoms with Gasteiger partial charge in [0.05, 0.1) is 4.92 Å². The summed E-state index contributed by atoms with van der Waals surface area (Å²) < 4.78 is 29.6. The highest BCUT2D eigenvalue weighted by molar-refractivity contribution is 7.87. The predicted molar refractivity (Wildman–Crippen MR) is 102 cm³/mol. The molecule has 0 radical (unpaired) electrons. The van der Waals surface area contributed by atoms with Crippen LogP contribution in [0.4, 0.5) is 11.4 Å². The van der Waals surface area contributed by atoms with Gasteiger partial charge in [-0.1, -0.05) is 24.3 Å². The van der Waals surface area contributed by atoms with Crippen LogP contribution in [0.1, 0.15) is 10.4 Å². The third kappa shape index (κ3) is 4.51. The van der Waals surface area contributed by atoms with Gasteiger partial charge in [-0.25, -0.2) is 0 Å². The van der Waals surface area contributed by atoms with Crippen molar-refractivity contribution in [1.82, 2.24) is 0 Å². The van der Waals surface area contributed by atoms with Gasteiger partial charge in [-0.15, -0.1) is 0 Å². The molecule has 0 heterocycles. The van der Waals surface area contributed by atoms with Gasteiger partial charge >= 0.3 is 10.1 Å². The van der Waals surface area contributed by atoms with Gasteiger partial charge in [0.15, 0.2) is 0 Å². The van der Waals surface area contributed by atoms with Gasteiger partial charge in [0.1, 0.15) is 10.6 Å². The smallest absolute Gasteiger partial charge is 0.339 e. The van der Waals surface area contributed by atoms with Crippen molar-refractivity contribution in [2.24, 2.45) is 0 Å². The third-order valence-corrected chi connectivity index (χ3v) is 4.91. The van der Waals surface area contributed by atoms with Gasteiger partial charge in [0, 0.05) is 23.4 Å². The topological polar surface area (TPSA) is 116 Å². The summed E-state index contributed by atoms with van der Waals surface area (Å²) in [4.78, 5) is 22.0. The maximum Gasteiger partial charge on any atom is 0.339 e. The van der Waals surface area contributed by atoms with E-state index >= 15 is 0 Å². The van der Waals surface area contributed by atoms with Crippen molar-refractivity contribution in [3.05, 3.63) is 94.5 Å². The molecule has 1 amide bonds. The molecule has 3 rings (SSSR count). The van der Waals surface area contributed by atoms with Gasteiger partial charge < -0.3 is 9.50 Å².